The Labute approximate surface area is 153 Å². The predicted octanol–water partition coefficient (Wildman–Crippen LogP) is 4.03. The number of rotatable bonds is 3. The Morgan fingerprint density at radius 3 is 2.88 bits per heavy atom. The summed E-state index contributed by atoms with van der Waals surface area (Å²) in [5.41, 5.74) is 3.13. The van der Waals surface area contributed by atoms with E-state index in [9.17, 15) is 4.79 Å². The lowest BCUT2D eigenvalue weighted by Gasteiger charge is -2.29. The first-order valence-electron chi connectivity index (χ1n) is 9.28. The Kier molecular flexibility index (Phi) is 4.91. The molecule has 2 aromatic rings. The third-order valence-electron chi connectivity index (χ3n) is 5.46. The molecule has 1 aliphatic heterocycles. The molecule has 25 heavy (non-hydrogen) atoms. The zero-order valence-electron chi connectivity index (χ0n) is 14.4. The number of H-pyrrole nitrogens is 1. The summed E-state index contributed by atoms with van der Waals surface area (Å²) in [5.74, 6) is 1.34. The Hall–Kier alpha value is -1.65. The van der Waals surface area contributed by atoms with Crippen molar-refractivity contribution in [2.24, 2.45) is 0 Å². The number of aromatic amines is 1. The van der Waals surface area contributed by atoms with Gasteiger partial charge in [0.1, 0.15) is 5.82 Å². The quantitative estimate of drug-likeness (QED) is 0.902. The molecule has 1 aromatic carbocycles. The van der Waals surface area contributed by atoms with Gasteiger partial charge in [-0.05, 0) is 37.0 Å². The van der Waals surface area contributed by atoms with Crippen LogP contribution in [0.15, 0.2) is 29.1 Å². The van der Waals surface area contributed by atoms with Crippen LogP contribution >= 0.6 is 11.6 Å². The Morgan fingerprint density at radius 1 is 1.24 bits per heavy atom. The molecule has 0 spiro atoms. The van der Waals surface area contributed by atoms with Gasteiger partial charge in [-0.1, -0.05) is 43.0 Å². The standard InChI is InChI=1S/C20H24ClN3O/c21-16-8-4-5-14(11-16)12-24-10-9-17-18(13-24)22-19(23-20(17)25)15-6-2-1-3-7-15/h4-5,8,11,15H,1-3,6-7,9-10,12-13H2,(H,22,23,25). The molecule has 0 amide bonds. The molecule has 4 nitrogen and oxygen atoms in total. The number of nitrogens with zero attached hydrogens (tertiary/aromatic N) is 2. The number of nitrogens with one attached hydrogen (secondary N) is 1. The van der Waals surface area contributed by atoms with Crippen molar-refractivity contribution in [2.75, 3.05) is 6.54 Å². The molecule has 4 rings (SSSR count). The first kappa shape index (κ1) is 16.8. The second-order valence-corrected chi connectivity index (χ2v) is 7.74. The molecule has 0 saturated heterocycles. The fourth-order valence-electron chi connectivity index (χ4n) is 4.11. The minimum absolute atomic E-state index is 0.0768. The van der Waals surface area contributed by atoms with Crippen LogP contribution in [0.25, 0.3) is 0 Å². The summed E-state index contributed by atoms with van der Waals surface area (Å²) in [6.07, 6.45) is 6.85. The van der Waals surface area contributed by atoms with E-state index in [1.807, 2.05) is 18.2 Å². The largest absolute Gasteiger partial charge is 0.310 e. The highest BCUT2D eigenvalue weighted by molar-refractivity contribution is 6.30. The summed E-state index contributed by atoms with van der Waals surface area (Å²) in [5, 5.41) is 0.768. The van der Waals surface area contributed by atoms with Crippen LogP contribution < -0.4 is 5.56 Å². The lowest BCUT2D eigenvalue weighted by atomic mass is 9.88. The summed E-state index contributed by atoms with van der Waals surface area (Å²) >= 11 is 6.09. The van der Waals surface area contributed by atoms with Crippen LogP contribution in [0.2, 0.25) is 5.02 Å². The predicted molar refractivity (Wildman–Crippen MR) is 100.0 cm³/mol. The van der Waals surface area contributed by atoms with Gasteiger partial charge in [0.05, 0.1) is 5.69 Å². The van der Waals surface area contributed by atoms with Crippen LogP contribution in [-0.2, 0) is 19.5 Å². The topological polar surface area (TPSA) is 49.0 Å². The van der Waals surface area contributed by atoms with Gasteiger partial charge < -0.3 is 4.98 Å². The molecular formula is C20H24ClN3O. The highest BCUT2D eigenvalue weighted by atomic mass is 35.5. The van der Waals surface area contributed by atoms with Gasteiger partial charge in [-0.3, -0.25) is 9.69 Å². The van der Waals surface area contributed by atoms with Gasteiger partial charge in [0, 0.05) is 36.1 Å². The van der Waals surface area contributed by atoms with Gasteiger partial charge in [-0.25, -0.2) is 4.98 Å². The minimum atomic E-state index is 0.0768. The van der Waals surface area contributed by atoms with Gasteiger partial charge in [-0.15, -0.1) is 0 Å². The zero-order chi connectivity index (χ0) is 17.2. The van der Waals surface area contributed by atoms with Gasteiger partial charge in [0.15, 0.2) is 0 Å². The first-order valence-corrected chi connectivity index (χ1v) is 9.65. The second kappa shape index (κ2) is 7.30. The molecule has 1 N–H and O–H groups in total. The van der Waals surface area contributed by atoms with Crippen LogP contribution in [-0.4, -0.2) is 21.4 Å². The number of aromatic nitrogens is 2. The van der Waals surface area contributed by atoms with E-state index in [-0.39, 0.29) is 5.56 Å². The van der Waals surface area contributed by atoms with Crippen molar-refractivity contribution >= 4 is 11.6 Å². The van der Waals surface area contributed by atoms with E-state index in [1.165, 1.54) is 24.8 Å². The lowest BCUT2D eigenvalue weighted by molar-refractivity contribution is 0.239. The highest BCUT2D eigenvalue weighted by Gasteiger charge is 2.24. The molecule has 2 heterocycles. The zero-order valence-corrected chi connectivity index (χ0v) is 15.2. The molecule has 0 atom stereocenters. The summed E-state index contributed by atoms with van der Waals surface area (Å²) in [6.45, 7) is 2.46. The van der Waals surface area contributed by atoms with Gasteiger partial charge in [0.25, 0.3) is 5.56 Å². The van der Waals surface area contributed by atoms with Crippen molar-refractivity contribution < 1.29 is 0 Å². The van der Waals surface area contributed by atoms with E-state index in [0.29, 0.717) is 5.92 Å². The van der Waals surface area contributed by atoms with E-state index in [1.54, 1.807) is 0 Å². The molecule has 2 aliphatic rings. The van der Waals surface area contributed by atoms with Crippen molar-refractivity contribution in [1.82, 2.24) is 14.9 Å². The fourth-order valence-corrected chi connectivity index (χ4v) is 4.32. The number of hydrogen-bond acceptors (Lipinski definition) is 3. The van der Waals surface area contributed by atoms with E-state index in [0.717, 1.165) is 61.0 Å². The van der Waals surface area contributed by atoms with E-state index in [4.69, 9.17) is 16.6 Å². The van der Waals surface area contributed by atoms with Crippen LogP contribution in [0, 0.1) is 0 Å². The van der Waals surface area contributed by atoms with Gasteiger partial charge in [-0.2, -0.15) is 0 Å². The number of benzene rings is 1. The molecule has 1 aliphatic carbocycles. The van der Waals surface area contributed by atoms with Crippen molar-refractivity contribution in [3.05, 3.63) is 62.3 Å². The van der Waals surface area contributed by atoms with Crippen LogP contribution in [0.4, 0.5) is 0 Å². The lowest BCUT2D eigenvalue weighted by Crippen LogP contribution is -2.35. The Bertz CT molecular complexity index is 811. The smallest absolute Gasteiger partial charge is 0.254 e. The summed E-state index contributed by atoms with van der Waals surface area (Å²) < 4.78 is 0. The summed E-state index contributed by atoms with van der Waals surface area (Å²) in [4.78, 5) is 22.8. The monoisotopic (exact) mass is 357 g/mol. The molecule has 0 bridgehead atoms. The molecule has 0 unspecified atom stereocenters. The maximum atomic E-state index is 12.5. The average Bonchev–Trinajstić information content (AvgIpc) is 2.62. The third kappa shape index (κ3) is 3.80. The van der Waals surface area contributed by atoms with Crippen LogP contribution in [0.3, 0.4) is 0 Å². The SMILES string of the molecule is O=c1[nH]c(C2CCCCC2)nc2c1CCN(Cc1cccc(Cl)c1)C2. The summed E-state index contributed by atoms with van der Waals surface area (Å²) in [7, 11) is 0. The van der Waals surface area contributed by atoms with E-state index >= 15 is 0 Å². The minimum Gasteiger partial charge on any atom is -0.310 e. The Balaban J connectivity index is 1.54. The van der Waals surface area contributed by atoms with Crippen LogP contribution in [0.1, 0.15) is 60.7 Å². The highest BCUT2D eigenvalue weighted by Crippen LogP contribution is 2.31. The molecular weight excluding hydrogens is 334 g/mol. The average molecular weight is 358 g/mol. The molecule has 1 aromatic heterocycles. The Morgan fingerprint density at radius 2 is 2.08 bits per heavy atom. The second-order valence-electron chi connectivity index (χ2n) is 7.30. The third-order valence-corrected chi connectivity index (χ3v) is 5.69. The van der Waals surface area contributed by atoms with Crippen molar-refractivity contribution in [3.63, 3.8) is 0 Å². The maximum Gasteiger partial charge on any atom is 0.254 e. The molecule has 0 radical (unpaired) electrons. The van der Waals surface area contributed by atoms with Crippen molar-refractivity contribution in [3.8, 4) is 0 Å². The van der Waals surface area contributed by atoms with Gasteiger partial charge in [0.2, 0.25) is 0 Å². The van der Waals surface area contributed by atoms with Crippen molar-refractivity contribution in [1.29, 1.82) is 0 Å². The van der Waals surface area contributed by atoms with Crippen molar-refractivity contribution in [2.45, 2.75) is 57.5 Å². The molecule has 1 saturated carbocycles. The molecule has 5 heteroatoms. The maximum absolute atomic E-state index is 12.5. The van der Waals surface area contributed by atoms with E-state index < -0.39 is 0 Å². The molecule has 1 fully saturated rings. The normalized spacial score (nSPS) is 18.9. The van der Waals surface area contributed by atoms with Gasteiger partial charge >= 0.3 is 0 Å². The van der Waals surface area contributed by atoms with Crippen LogP contribution in [0.5, 0.6) is 0 Å². The van der Waals surface area contributed by atoms with E-state index in [2.05, 4.69) is 16.0 Å². The first-order chi connectivity index (χ1) is 12.2. The summed E-state index contributed by atoms with van der Waals surface area (Å²) in [6, 6.07) is 7.99. The number of halogens is 1. The number of hydrogen-bond donors (Lipinski definition) is 1. The number of fused-ring (bicyclic) bond motifs is 1. The molecule has 132 valence electrons. The fraction of sp³-hybridized carbons (Fsp3) is 0.500.